The minimum Gasteiger partial charge on any atom is -0.305 e. The van der Waals surface area contributed by atoms with Crippen molar-refractivity contribution in [1.29, 1.82) is 0 Å². The summed E-state index contributed by atoms with van der Waals surface area (Å²) in [5, 5.41) is 11.6. The molecule has 0 unspecified atom stereocenters. The van der Waals surface area contributed by atoms with Crippen molar-refractivity contribution in [2.75, 3.05) is 5.32 Å². The molecule has 1 amide bonds. The summed E-state index contributed by atoms with van der Waals surface area (Å²) < 4.78 is 57.9. The van der Waals surface area contributed by atoms with Crippen LogP contribution >= 0.6 is 0 Å². The van der Waals surface area contributed by atoms with Crippen LogP contribution in [-0.4, -0.2) is 30.5 Å². The van der Waals surface area contributed by atoms with Gasteiger partial charge < -0.3 is 5.32 Å². The monoisotopic (exact) mass is 494 g/mol. The van der Waals surface area contributed by atoms with Crippen LogP contribution in [0.5, 0.6) is 0 Å². The van der Waals surface area contributed by atoms with E-state index < -0.39 is 41.3 Å². The molecule has 3 aromatic heterocycles. The van der Waals surface area contributed by atoms with Gasteiger partial charge in [0, 0.05) is 42.0 Å². The Bertz CT molecular complexity index is 1580. The number of halogens is 4. The lowest BCUT2D eigenvalue weighted by Crippen LogP contribution is -2.14. The number of aromatic nitrogens is 5. The standard InChI is InChI=1S/C25H18F4N6O/c1-2-34-12-14(11-30-34)21-9-16(15-5-3-4-6-20(15)31-21)25(36)32-22-7-8-35(33-22)13-17-23(28)18(26)10-19(27)24(17)29/h3-12H,2,13H2,1H3,(H,32,33,36). The molecule has 0 bridgehead atoms. The summed E-state index contributed by atoms with van der Waals surface area (Å²) in [6.45, 7) is 2.06. The predicted octanol–water partition coefficient (Wildman–Crippen LogP) is 5.17. The number of hydrogen-bond donors (Lipinski definition) is 1. The van der Waals surface area contributed by atoms with Gasteiger partial charge in [-0.05, 0) is 19.1 Å². The largest absolute Gasteiger partial charge is 0.305 e. The van der Waals surface area contributed by atoms with Gasteiger partial charge in [-0.1, -0.05) is 18.2 Å². The lowest BCUT2D eigenvalue weighted by Gasteiger charge is -2.09. The number of pyridine rings is 1. The van der Waals surface area contributed by atoms with Crippen molar-refractivity contribution >= 4 is 22.6 Å². The molecule has 0 saturated heterocycles. The Hall–Kier alpha value is -4.54. The molecule has 0 aliphatic carbocycles. The van der Waals surface area contributed by atoms with Gasteiger partial charge in [0.25, 0.3) is 5.91 Å². The van der Waals surface area contributed by atoms with E-state index in [1.165, 1.54) is 12.3 Å². The molecule has 7 nitrogen and oxygen atoms in total. The van der Waals surface area contributed by atoms with Gasteiger partial charge in [0.1, 0.15) is 0 Å². The Kier molecular flexibility index (Phi) is 5.96. The molecule has 2 aromatic carbocycles. The van der Waals surface area contributed by atoms with E-state index in [2.05, 4.69) is 20.5 Å². The molecule has 11 heteroatoms. The average molecular weight is 494 g/mol. The van der Waals surface area contributed by atoms with Crippen LogP contribution in [0.3, 0.4) is 0 Å². The number of carbonyl (C=O) groups is 1. The van der Waals surface area contributed by atoms with E-state index in [4.69, 9.17) is 0 Å². The summed E-state index contributed by atoms with van der Waals surface area (Å²) >= 11 is 0. The van der Waals surface area contributed by atoms with Crippen molar-refractivity contribution in [3.8, 4) is 11.3 Å². The lowest BCUT2D eigenvalue weighted by atomic mass is 10.0. The highest BCUT2D eigenvalue weighted by Crippen LogP contribution is 2.26. The maximum absolute atomic E-state index is 14.0. The number of fused-ring (bicyclic) bond motifs is 1. The Balaban J connectivity index is 1.44. The molecule has 0 aliphatic heterocycles. The van der Waals surface area contributed by atoms with Crippen molar-refractivity contribution in [1.82, 2.24) is 24.5 Å². The summed E-state index contributed by atoms with van der Waals surface area (Å²) in [4.78, 5) is 17.8. The van der Waals surface area contributed by atoms with Gasteiger partial charge in [0.05, 0.1) is 35.1 Å². The van der Waals surface area contributed by atoms with Gasteiger partial charge in [-0.3, -0.25) is 14.2 Å². The van der Waals surface area contributed by atoms with E-state index in [9.17, 15) is 22.4 Å². The number of aryl methyl sites for hydroxylation is 1. The van der Waals surface area contributed by atoms with E-state index >= 15 is 0 Å². The fourth-order valence-corrected chi connectivity index (χ4v) is 3.80. The normalized spacial score (nSPS) is 11.2. The number of amides is 1. The Labute approximate surface area is 202 Å². The SMILES string of the molecule is CCn1cc(-c2cc(C(=O)Nc3ccn(Cc4c(F)c(F)cc(F)c4F)n3)c3ccccc3n2)cn1. The molecule has 36 heavy (non-hydrogen) atoms. The summed E-state index contributed by atoms with van der Waals surface area (Å²) in [6, 6.07) is 10.3. The van der Waals surface area contributed by atoms with E-state index in [1.807, 2.05) is 19.2 Å². The van der Waals surface area contributed by atoms with Crippen LogP contribution in [0.1, 0.15) is 22.8 Å². The molecule has 1 N–H and O–H groups in total. The van der Waals surface area contributed by atoms with Crippen LogP contribution in [0.2, 0.25) is 0 Å². The number of rotatable bonds is 6. The summed E-state index contributed by atoms with van der Waals surface area (Å²) in [5.41, 5.74) is 1.43. The first-order valence-electron chi connectivity index (χ1n) is 10.9. The molecule has 0 fully saturated rings. The van der Waals surface area contributed by atoms with E-state index in [1.54, 1.807) is 35.1 Å². The molecule has 5 rings (SSSR count). The first-order chi connectivity index (χ1) is 17.3. The zero-order valence-electron chi connectivity index (χ0n) is 18.8. The van der Waals surface area contributed by atoms with Crippen LogP contribution in [0.4, 0.5) is 23.4 Å². The smallest absolute Gasteiger partial charge is 0.257 e. The third kappa shape index (κ3) is 4.30. The van der Waals surface area contributed by atoms with Crippen molar-refractivity contribution in [2.45, 2.75) is 20.0 Å². The Morgan fingerprint density at radius 1 is 1.00 bits per heavy atom. The average Bonchev–Trinajstić information content (AvgIpc) is 3.54. The van der Waals surface area contributed by atoms with Crippen LogP contribution in [0.25, 0.3) is 22.2 Å². The van der Waals surface area contributed by atoms with E-state index in [0.29, 0.717) is 28.7 Å². The molecule has 0 saturated carbocycles. The summed E-state index contributed by atoms with van der Waals surface area (Å²) in [5.74, 6) is -6.42. The number of anilines is 1. The molecule has 182 valence electrons. The van der Waals surface area contributed by atoms with Crippen LogP contribution in [0, 0.1) is 23.3 Å². The topological polar surface area (TPSA) is 77.6 Å². The number of hydrogen-bond acceptors (Lipinski definition) is 4. The maximum atomic E-state index is 14.0. The molecule has 3 heterocycles. The summed E-state index contributed by atoms with van der Waals surface area (Å²) in [7, 11) is 0. The van der Waals surface area contributed by atoms with Crippen molar-refractivity contribution in [3.63, 3.8) is 0 Å². The first kappa shape index (κ1) is 23.2. The lowest BCUT2D eigenvalue weighted by molar-refractivity contribution is 0.102. The van der Waals surface area contributed by atoms with Gasteiger partial charge in [0.2, 0.25) is 0 Å². The van der Waals surface area contributed by atoms with Crippen LogP contribution in [0.15, 0.2) is 61.1 Å². The van der Waals surface area contributed by atoms with E-state index in [-0.39, 0.29) is 11.9 Å². The molecule has 0 atom stereocenters. The molecular formula is C25H18F4N6O. The number of nitrogens with zero attached hydrogens (tertiary/aromatic N) is 5. The zero-order valence-corrected chi connectivity index (χ0v) is 18.8. The highest BCUT2D eigenvalue weighted by atomic mass is 19.2. The Morgan fingerprint density at radius 2 is 1.75 bits per heavy atom. The molecule has 0 radical (unpaired) electrons. The number of para-hydroxylation sites is 1. The van der Waals surface area contributed by atoms with Crippen molar-refractivity contribution < 1.29 is 22.4 Å². The van der Waals surface area contributed by atoms with Gasteiger partial charge in [-0.25, -0.2) is 22.5 Å². The fraction of sp³-hybridized carbons (Fsp3) is 0.120. The second-order valence-electron chi connectivity index (χ2n) is 7.96. The van der Waals surface area contributed by atoms with Crippen molar-refractivity contribution in [2.24, 2.45) is 0 Å². The Morgan fingerprint density at radius 3 is 2.47 bits per heavy atom. The number of benzene rings is 2. The summed E-state index contributed by atoms with van der Waals surface area (Å²) in [6.07, 6.45) is 4.82. The molecular weight excluding hydrogens is 476 g/mol. The third-order valence-corrected chi connectivity index (χ3v) is 5.62. The number of nitrogens with one attached hydrogen (secondary N) is 1. The van der Waals surface area contributed by atoms with Gasteiger partial charge in [-0.15, -0.1) is 0 Å². The van der Waals surface area contributed by atoms with Crippen LogP contribution < -0.4 is 5.32 Å². The second-order valence-corrected chi connectivity index (χ2v) is 7.96. The van der Waals surface area contributed by atoms with Gasteiger partial charge in [0.15, 0.2) is 29.1 Å². The quantitative estimate of drug-likeness (QED) is 0.261. The highest BCUT2D eigenvalue weighted by Gasteiger charge is 2.20. The predicted molar refractivity (Wildman–Crippen MR) is 124 cm³/mol. The highest BCUT2D eigenvalue weighted by molar-refractivity contribution is 6.12. The fourth-order valence-electron chi connectivity index (χ4n) is 3.80. The molecule has 0 spiro atoms. The number of carbonyl (C=O) groups excluding carboxylic acids is 1. The van der Waals surface area contributed by atoms with Gasteiger partial charge in [-0.2, -0.15) is 10.2 Å². The van der Waals surface area contributed by atoms with E-state index in [0.717, 1.165) is 10.2 Å². The molecule has 0 aliphatic rings. The van der Waals surface area contributed by atoms with Crippen LogP contribution in [-0.2, 0) is 13.1 Å². The first-order valence-corrected chi connectivity index (χ1v) is 10.9. The second kappa shape index (κ2) is 9.25. The van der Waals surface area contributed by atoms with Crippen molar-refractivity contribution in [3.05, 3.63) is 95.5 Å². The minimum absolute atomic E-state index is 0.0823. The maximum Gasteiger partial charge on any atom is 0.257 e. The zero-order chi connectivity index (χ0) is 25.4. The molecule has 5 aromatic rings. The van der Waals surface area contributed by atoms with Gasteiger partial charge >= 0.3 is 0 Å². The minimum atomic E-state index is -1.51. The third-order valence-electron chi connectivity index (χ3n) is 5.62.